The van der Waals surface area contributed by atoms with E-state index in [1.54, 1.807) is 0 Å². The molecule has 1 aromatic carbocycles. The van der Waals surface area contributed by atoms with Gasteiger partial charge in [-0.2, -0.15) is 0 Å². The van der Waals surface area contributed by atoms with Crippen LogP contribution in [0.3, 0.4) is 0 Å². The number of nitrogens with zero attached hydrogens (tertiary/aromatic N) is 3. The summed E-state index contributed by atoms with van der Waals surface area (Å²) < 4.78 is 5.47. The number of amides is 1. The second kappa shape index (κ2) is 8.79. The molecule has 25 heavy (non-hydrogen) atoms. The lowest BCUT2D eigenvalue weighted by atomic mass is 10.1. The number of hydrogen-bond donors (Lipinski definition) is 0. The van der Waals surface area contributed by atoms with Gasteiger partial charge < -0.3 is 14.5 Å². The normalized spacial score (nSPS) is 21.5. The lowest BCUT2D eigenvalue weighted by Crippen LogP contribution is -2.53. The molecule has 138 valence electrons. The Morgan fingerprint density at radius 1 is 1.20 bits per heavy atom. The highest BCUT2D eigenvalue weighted by molar-refractivity contribution is 5.95. The van der Waals surface area contributed by atoms with Crippen LogP contribution in [0, 0.1) is 0 Å². The number of ether oxygens (including phenoxy) is 1. The average molecular weight is 345 g/mol. The number of rotatable bonds is 7. The SMILES string of the molecule is CCOCCN1CCN(CCC(=O)N2CCc3ccccc32)C[C@H]1C. The fraction of sp³-hybridized carbons (Fsp3) is 0.650. The molecule has 3 rings (SSSR count). The number of piperazine rings is 1. The number of fused-ring (bicyclic) bond motifs is 1. The van der Waals surface area contributed by atoms with Crippen LogP contribution in [0.5, 0.6) is 0 Å². The van der Waals surface area contributed by atoms with Crippen LogP contribution in [0.15, 0.2) is 24.3 Å². The van der Waals surface area contributed by atoms with Crippen molar-refractivity contribution >= 4 is 11.6 Å². The number of para-hydroxylation sites is 1. The first-order chi connectivity index (χ1) is 12.2. The Morgan fingerprint density at radius 2 is 2.04 bits per heavy atom. The van der Waals surface area contributed by atoms with E-state index in [1.165, 1.54) is 5.56 Å². The molecule has 0 radical (unpaired) electrons. The van der Waals surface area contributed by atoms with Crippen LogP contribution in [-0.4, -0.2) is 74.2 Å². The van der Waals surface area contributed by atoms with E-state index in [4.69, 9.17) is 4.74 Å². The number of anilines is 1. The zero-order valence-corrected chi connectivity index (χ0v) is 15.6. The van der Waals surface area contributed by atoms with Gasteiger partial charge >= 0.3 is 0 Å². The predicted octanol–water partition coefficient (Wildman–Crippen LogP) is 2.01. The fourth-order valence-electron chi connectivity index (χ4n) is 3.92. The van der Waals surface area contributed by atoms with Crippen molar-refractivity contribution in [2.75, 3.05) is 57.4 Å². The maximum absolute atomic E-state index is 12.6. The third-order valence-corrected chi connectivity index (χ3v) is 5.41. The number of carbonyl (C=O) groups excluding carboxylic acids is 1. The summed E-state index contributed by atoms with van der Waals surface area (Å²) >= 11 is 0. The molecule has 0 aromatic heterocycles. The predicted molar refractivity (Wildman–Crippen MR) is 101 cm³/mol. The molecule has 0 spiro atoms. The molecule has 2 heterocycles. The first kappa shape index (κ1) is 18.4. The second-order valence-corrected chi connectivity index (χ2v) is 7.06. The maximum Gasteiger partial charge on any atom is 0.228 e. The number of benzene rings is 1. The highest BCUT2D eigenvalue weighted by Gasteiger charge is 2.26. The van der Waals surface area contributed by atoms with E-state index in [0.717, 1.165) is 64.6 Å². The minimum atomic E-state index is 0.261. The van der Waals surface area contributed by atoms with E-state index in [-0.39, 0.29) is 5.91 Å². The van der Waals surface area contributed by atoms with E-state index >= 15 is 0 Å². The molecule has 0 aliphatic carbocycles. The van der Waals surface area contributed by atoms with Crippen LogP contribution in [0.1, 0.15) is 25.8 Å². The van der Waals surface area contributed by atoms with Crippen LogP contribution in [-0.2, 0) is 16.0 Å². The second-order valence-electron chi connectivity index (χ2n) is 7.06. The molecule has 2 aliphatic rings. The molecular formula is C20H31N3O2. The van der Waals surface area contributed by atoms with E-state index in [1.807, 2.05) is 17.9 Å². The van der Waals surface area contributed by atoms with Gasteiger partial charge in [0.25, 0.3) is 0 Å². The van der Waals surface area contributed by atoms with Crippen LogP contribution in [0.2, 0.25) is 0 Å². The Balaban J connectivity index is 1.43. The van der Waals surface area contributed by atoms with Crippen LogP contribution in [0.4, 0.5) is 5.69 Å². The standard InChI is InChI=1S/C20H31N3O2/c1-3-25-15-14-22-13-12-21(16-17(22)2)10-9-20(24)23-11-8-18-6-4-5-7-19(18)23/h4-7,17H,3,8-16H2,1-2H3/t17-/m1/s1. The molecule has 1 fully saturated rings. The highest BCUT2D eigenvalue weighted by atomic mass is 16.5. The molecule has 1 amide bonds. The summed E-state index contributed by atoms with van der Waals surface area (Å²) in [6.45, 7) is 11.8. The van der Waals surface area contributed by atoms with Crippen LogP contribution >= 0.6 is 0 Å². The zero-order valence-electron chi connectivity index (χ0n) is 15.6. The zero-order chi connectivity index (χ0) is 17.6. The van der Waals surface area contributed by atoms with Gasteiger partial charge in [-0.3, -0.25) is 9.69 Å². The topological polar surface area (TPSA) is 36.0 Å². The van der Waals surface area contributed by atoms with E-state index < -0.39 is 0 Å². The van der Waals surface area contributed by atoms with Gasteiger partial charge in [0, 0.05) is 64.0 Å². The molecule has 1 saturated heterocycles. The Bertz CT molecular complexity index is 578. The minimum Gasteiger partial charge on any atom is -0.380 e. The quantitative estimate of drug-likeness (QED) is 0.708. The van der Waals surface area contributed by atoms with Gasteiger partial charge in [-0.1, -0.05) is 18.2 Å². The summed E-state index contributed by atoms with van der Waals surface area (Å²) in [5.74, 6) is 0.261. The number of carbonyl (C=O) groups is 1. The van der Waals surface area contributed by atoms with Crippen molar-refractivity contribution in [1.82, 2.24) is 9.80 Å². The first-order valence-corrected chi connectivity index (χ1v) is 9.61. The summed E-state index contributed by atoms with van der Waals surface area (Å²) in [5, 5.41) is 0. The molecule has 2 aliphatic heterocycles. The molecule has 0 N–H and O–H groups in total. The van der Waals surface area contributed by atoms with Crippen molar-refractivity contribution < 1.29 is 9.53 Å². The molecule has 0 saturated carbocycles. The van der Waals surface area contributed by atoms with Gasteiger partial charge in [0.05, 0.1) is 6.61 Å². The molecule has 1 aromatic rings. The average Bonchev–Trinajstić information content (AvgIpc) is 3.06. The Morgan fingerprint density at radius 3 is 2.84 bits per heavy atom. The van der Waals surface area contributed by atoms with Crippen molar-refractivity contribution in [2.24, 2.45) is 0 Å². The van der Waals surface area contributed by atoms with E-state index in [0.29, 0.717) is 12.5 Å². The summed E-state index contributed by atoms with van der Waals surface area (Å²) in [6, 6.07) is 8.80. The lowest BCUT2D eigenvalue weighted by molar-refractivity contribution is -0.119. The van der Waals surface area contributed by atoms with Gasteiger partial charge in [0.15, 0.2) is 0 Å². The minimum absolute atomic E-state index is 0.261. The highest BCUT2D eigenvalue weighted by Crippen LogP contribution is 2.27. The summed E-state index contributed by atoms with van der Waals surface area (Å²) in [5.41, 5.74) is 2.41. The van der Waals surface area contributed by atoms with Crippen molar-refractivity contribution in [3.05, 3.63) is 29.8 Å². The Labute approximate surface area is 151 Å². The van der Waals surface area contributed by atoms with Crippen LogP contribution in [0.25, 0.3) is 0 Å². The first-order valence-electron chi connectivity index (χ1n) is 9.61. The largest absolute Gasteiger partial charge is 0.380 e. The number of hydrogen-bond acceptors (Lipinski definition) is 4. The smallest absolute Gasteiger partial charge is 0.228 e. The van der Waals surface area contributed by atoms with Crippen molar-refractivity contribution in [2.45, 2.75) is 32.7 Å². The van der Waals surface area contributed by atoms with Crippen molar-refractivity contribution in [3.8, 4) is 0 Å². The summed E-state index contributed by atoms with van der Waals surface area (Å²) in [7, 11) is 0. The molecular weight excluding hydrogens is 314 g/mol. The molecule has 1 atom stereocenters. The van der Waals surface area contributed by atoms with E-state index in [2.05, 4.69) is 34.9 Å². The van der Waals surface area contributed by atoms with Crippen LogP contribution < -0.4 is 4.90 Å². The fourth-order valence-corrected chi connectivity index (χ4v) is 3.92. The molecule has 0 bridgehead atoms. The maximum atomic E-state index is 12.6. The third-order valence-electron chi connectivity index (χ3n) is 5.41. The van der Waals surface area contributed by atoms with Gasteiger partial charge in [0.1, 0.15) is 0 Å². The van der Waals surface area contributed by atoms with Crippen molar-refractivity contribution in [3.63, 3.8) is 0 Å². The molecule has 5 heteroatoms. The monoisotopic (exact) mass is 345 g/mol. The van der Waals surface area contributed by atoms with E-state index in [9.17, 15) is 4.79 Å². The lowest BCUT2D eigenvalue weighted by Gasteiger charge is -2.39. The summed E-state index contributed by atoms with van der Waals surface area (Å²) in [6.07, 6.45) is 1.59. The Hall–Kier alpha value is -1.43. The molecule has 5 nitrogen and oxygen atoms in total. The van der Waals surface area contributed by atoms with Gasteiger partial charge in [0.2, 0.25) is 5.91 Å². The summed E-state index contributed by atoms with van der Waals surface area (Å²) in [4.78, 5) is 19.5. The van der Waals surface area contributed by atoms with Gasteiger partial charge in [-0.25, -0.2) is 0 Å². The van der Waals surface area contributed by atoms with Gasteiger partial charge in [-0.15, -0.1) is 0 Å². The Kier molecular flexibility index (Phi) is 6.45. The molecule has 0 unspecified atom stereocenters. The van der Waals surface area contributed by atoms with Gasteiger partial charge in [-0.05, 0) is 31.9 Å². The van der Waals surface area contributed by atoms with Crippen molar-refractivity contribution in [1.29, 1.82) is 0 Å². The third kappa shape index (κ3) is 4.60.